The van der Waals surface area contributed by atoms with E-state index in [2.05, 4.69) is 20.8 Å². The molecule has 3 saturated carbocycles. The second kappa shape index (κ2) is 8.42. The highest BCUT2D eigenvalue weighted by molar-refractivity contribution is 7.86. The highest BCUT2D eigenvalue weighted by Gasteiger charge is 2.67. The average Bonchev–Trinajstić information content (AvgIpc) is 3.25. The van der Waals surface area contributed by atoms with Crippen LogP contribution in [-0.2, 0) is 24.3 Å². The number of hydrogen-bond donors (Lipinski definition) is 3. The normalized spacial score (nSPS) is 40.2. The van der Waals surface area contributed by atoms with Gasteiger partial charge in [-0.05, 0) is 49.8 Å². The van der Waals surface area contributed by atoms with Gasteiger partial charge >= 0.3 is 13.1 Å². The minimum Gasteiger partial charge on any atom is -0.480 e. The third-order valence-electron chi connectivity index (χ3n) is 9.15. The van der Waals surface area contributed by atoms with Gasteiger partial charge < -0.3 is 25.9 Å². The maximum absolute atomic E-state index is 12.8. The van der Waals surface area contributed by atoms with Gasteiger partial charge in [0.15, 0.2) is 0 Å². The zero-order chi connectivity index (χ0) is 24.4. The number of hydrogen-bond acceptors (Lipinski definition) is 7. The Balaban J connectivity index is 1.36. The van der Waals surface area contributed by atoms with Crippen molar-refractivity contribution in [2.75, 3.05) is 33.2 Å². The van der Waals surface area contributed by atoms with Crippen LogP contribution in [-0.4, -0.2) is 85.7 Å². The van der Waals surface area contributed by atoms with Crippen LogP contribution in [0.25, 0.3) is 0 Å². The SMILES string of the molecule is CN(CCN)S(=O)(=O)N1C[C@H](CCCB2O[C@H]3C[C@H]4C[C@H](C4(C)C)[C@@]3(C)O2)[C@](N)(C(=O)O)C1. The number of aliphatic carboxylic acids is 1. The predicted octanol–water partition coefficient (Wildman–Crippen LogP) is 0.344. The number of carboxylic acid groups (broad SMARTS) is 1. The van der Waals surface area contributed by atoms with E-state index in [0.29, 0.717) is 31.0 Å². The average molecular weight is 486 g/mol. The summed E-state index contributed by atoms with van der Waals surface area (Å²) in [4.78, 5) is 12.0. The van der Waals surface area contributed by atoms with E-state index in [1.165, 1.54) is 17.8 Å². The standard InChI is InChI=1S/C21H39BN4O6S/c1-19(2)15-10-16(19)20(3)17(11-15)31-22(32-20)7-5-6-14-12-26(13-21(14,24)18(27)28)33(29,30)25(4)9-8-23/h14-17H,5-13,23-24H2,1-4H3,(H,27,28)/t14-,15+,16+,17-,20+,21-/m0/s1. The van der Waals surface area contributed by atoms with Gasteiger partial charge in [0.1, 0.15) is 5.54 Å². The Labute approximate surface area is 197 Å². The van der Waals surface area contributed by atoms with Crippen molar-refractivity contribution >= 4 is 23.3 Å². The molecule has 5 aliphatic rings. The van der Waals surface area contributed by atoms with E-state index in [9.17, 15) is 18.3 Å². The topological polar surface area (TPSA) is 148 Å². The summed E-state index contributed by atoms with van der Waals surface area (Å²) in [5.41, 5.74) is 10.1. The summed E-state index contributed by atoms with van der Waals surface area (Å²) in [7, 11) is -2.70. The largest absolute Gasteiger partial charge is 0.480 e. The van der Waals surface area contributed by atoms with Crippen LogP contribution in [0.1, 0.15) is 46.5 Å². The molecular weight excluding hydrogens is 447 g/mol. The van der Waals surface area contributed by atoms with Crippen molar-refractivity contribution in [2.45, 2.75) is 70.0 Å². The number of rotatable bonds is 9. The van der Waals surface area contributed by atoms with E-state index in [0.717, 1.165) is 10.7 Å². The monoisotopic (exact) mass is 486 g/mol. The maximum Gasteiger partial charge on any atom is 0.457 e. The smallest absolute Gasteiger partial charge is 0.457 e. The second-order valence-corrected chi connectivity index (χ2v) is 13.3. The zero-order valence-electron chi connectivity index (χ0n) is 20.2. The molecule has 0 spiro atoms. The Hall–Kier alpha value is -0.755. The zero-order valence-corrected chi connectivity index (χ0v) is 21.0. The second-order valence-electron chi connectivity index (χ2n) is 11.3. The highest BCUT2D eigenvalue weighted by Crippen LogP contribution is 2.65. The first-order valence-electron chi connectivity index (χ1n) is 12.0. The lowest BCUT2D eigenvalue weighted by atomic mass is 9.43. The fourth-order valence-corrected chi connectivity index (χ4v) is 8.24. The molecule has 5 fully saturated rings. The third kappa shape index (κ3) is 3.95. The van der Waals surface area contributed by atoms with E-state index in [1.807, 2.05) is 0 Å². The van der Waals surface area contributed by atoms with Gasteiger partial charge in [-0.1, -0.05) is 20.3 Å². The van der Waals surface area contributed by atoms with Crippen LogP contribution in [0.15, 0.2) is 0 Å². The van der Waals surface area contributed by atoms with Gasteiger partial charge in [-0.2, -0.15) is 17.0 Å². The Morgan fingerprint density at radius 2 is 2.00 bits per heavy atom. The number of nitrogens with zero attached hydrogens (tertiary/aromatic N) is 2. The molecule has 0 aromatic heterocycles. The molecule has 0 aromatic rings. The molecule has 5 N–H and O–H groups in total. The molecule has 0 aromatic carbocycles. The Morgan fingerprint density at radius 1 is 1.30 bits per heavy atom. The molecule has 2 heterocycles. The number of carboxylic acids is 1. The van der Waals surface area contributed by atoms with Gasteiger partial charge in [0.2, 0.25) is 0 Å². The Kier molecular flexibility index (Phi) is 6.47. The molecular formula is C21H39BN4O6S. The van der Waals surface area contributed by atoms with E-state index in [-0.39, 0.29) is 50.4 Å². The first-order chi connectivity index (χ1) is 15.3. The van der Waals surface area contributed by atoms with E-state index < -0.39 is 27.6 Å². The summed E-state index contributed by atoms with van der Waals surface area (Å²) in [6.45, 7) is 6.97. The van der Waals surface area contributed by atoms with Crippen LogP contribution in [0.2, 0.25) is 6.32 Å². The van der Waals surface area contributed by atoms with Crippen molar-refractivity contribution in [3.05, 3.63) is 0 Å². The molecule has 5 rings (SSSR count). The molecule has 2 saturated heterocycles. The Bertz CT molecular complexity index is 890. The van der Waals surface area contributed by atoms with Crippen molar-refractivity contribution in [1.82, 2.24) is 8.61 Å². The fourth-order valence-electron chi connectivity index (χ4n) is 6.76. The van der Waals surface area contributed by atoms with Gasteiger partial charge in [0, 0.05) is 39.1 Å². The molecule has 2 aliphatic heterocycles. The summed E-state index contributed by atoms with van der Waals surface area (Å²) in [6, 6.07) is 0. The summed E-state index contributed by atoms with van der Waals surface area (Å²) < 4.78 is 40.7. The van der Waals surface area contributed by atoms with Gasteiger partial charge in [0.25, 0.3) is 10.2 Å². The van der Waals surface area contributed by atoms with Gasteiger partial charge in [0.05, 0.1) is 11.7 Å². The molecule has 0 unspecified atom stereocenters. The number of nitrogens with two attached hydrogens (primary N) is 2. The minimum absolute atomic E-state index is 0.0741. The van der Waals surface area contributed by atoms with Crippen LogP contribution in [0, 0.1) is 23.2 Å². The predicted molar refractivity (Wildman–Crippen MR) is 124 cm³/mol. The lowest BCUT2D eigenvalue weighted by molar-refractivity contribution is -0.199. The number of likely N-dealkylation sites (N-methyl/N-ethyl adjacent to an activating group) is 1. The molecule has 10 nitrogen and oxygen atoms in total. The summed E-state index contributed by atoms with van der Waals surface area (Å²) >= 11 is 0. The van der Waals surface area contributed by atoms with Crippen LogP contribution >= 0.6 is 0 Å². The molecule has 188 valence electrons. The van der Waals surface area contributed by atoms with Crippen LogP contribution in [0.3, 0.4) is 0 Å². The third-order valence-corrected chi connectivity index (χ3v) is 11.0. The fraction of sp³-hybridized carbons (Fsp3) is 0.952. The van der Waals surface area contributed by atoms with E-state index >= 15 is 0 Å². The first kappa shape index (κ1) is 25.3. The van der Waals surface area contributed by atoms with Crippen molar-refractivity contribution in [3.8, 4) is 0 Å². The summed E-state index contributed by atoms with van der Waals surface area (Å²) in [6.07, 6.45) is 4.09. The van der Waals surface area contributed by atoms with Crippen LogP contribution in [0.4, 0.5) is 0 Å². The van der Waals surface area contributed by atoms with Crippen LogP contribution < -0.4 is 11.5 Å². The highest BCUT2D eigenvalue weighted by atomic mass is 32.2. The van der Waals surface area contributed by atoms with Gasteiger partial charge in [-0.15, -0.1) is 0 Å². The molecule has 6 atom stereocenters. The molecule has 2 bridgehead atoms. The molecule has 0 amide bonds. The summed E-state index contributed by atoms with van der Waals surface area (Å²) in [5, 5.41) is 9.81. The lowest BCUT2D eigenvalue weighted by Crippen LogP contribution is -2.65. The molecule has 0 radical (unpaired) electrons. The van der Waals surface area contributed by atoms with Crippen molar-refractivity contribution in [2.24, 2.45) is 34.6 Å². The summed E-state index contributed by atoms with van der Waals surface area (Å²) in [5.74, 6) is -0.510. The van der Waals surface area contributed by atoms with Gasteiger partial charge in [-0.3, -0.25) is 4.79 Å². The Morgan fingerprint density at radius 3 is 2.61 bits per heavy atom. The molecule has 3 aliphatic carbocycles. The first-order valence-corrected chi connectivity index (χ1v) is 13.4. The van der Waals surface area contributed by atoms with E-state index in [4.69, 9.17) is 20.8 Å². The van der Waals surface area contributed by atoms with Gasteiger partial charge in [-0.25, -0.2) is 0 Å². The molecule has 12 heteroatoms. The number of carbonyl (C=O) groups is 1. The van der Waals surface area contributed by atoms with Crippen molar-refractivity contribution in [3.63, 3.8) is 0 Å². The molecule has 33 heavy (non-hydrogen) atoms. The van der Waals surface area contributed by atoms with Crippen molar-refractivity contribution in [1.29, 1.82) is 0 Å². The van der Waals surface area contributed by atoms with E-state index in [1.54, 1.807) is 0 Å². The minimum atomic E-state index is -3.82. The van der Waals surface area contributed by atoms with Crippen LogP contribution in [0.5, 0.6) is 0 Å². The van der Waals surface area contributed by atoms with Crippen molar-refractivity contribution < 1.29 is 27.6 Å². The quantitative estimate of drug-likeness (QED) is 0.395. The lowest BCUT2D eigenvalue weighted by Gasteiger charge is -2.64. The maximum atomic E-state index is 12.8.